The second-order valence-electron chi connectivity index (χ2n) is 6.09. The summed E-state index contributed by atoms with van der Waals surface area (Å²) in [5, 5.41) is 3.59. The predicted octanol–water partition coefficient (Wildman–Crippen LogP) is 3.30. The van der Waals surface area contributed by atoms with Crippen LogP contribution in [0.1, 0.15) is 32.6 Å². The van der Waals surface area contributed by atoms with Gasteiger partial charge in [0.05, 0.1) is 7.11 Å². The first kappa shape index (κ1) is 15.2. The van der Waals surface area contributed by atoms with Crippen LogP contribution in [-0.4, -0.2) is 33.8 Å². The number of rotatable bonds is 6. The molecular weight excluding hydrogens is 248 g/mol. The van der Waals surface area contributed by atoms with Crippen molar-refractivity contribution in [2.75, 3.05) is 38.7 Å². The first-order valence-corrected chi connectivity index (χ1v) is 7.75. The Kier molecular flexibility index (Phi) is 5.30. The summed E-state index contributed by atoms with van der Waals surface area (Å²) in [5.74, 6) is 0.931. The highest BCUT2D eigenvalue weighted by atomic mass is 16.5. The van der Waals surface area contributed by atoms with Crippen molar-refractivity contribution in [3.63, 3.8) is 0 Å². The van der Waals surface area contributed by atoms with Crippen LogP contribution in [0.15, 0.2) is 24.3 Å². The van der Waals surface area contributed by atoms with Crippen LogP contribution in [0, 0.1) is 5.41 Å². The summed E-state index contributed by atoms with van der Waals surface area (Å²) in [4.78, 5) is 2.38. The molecule has 3 heteroatoms. The minimum absolute atomic E-state index is 0.421. The number of methoxy groups -OCH3 is 1. The van der Waals surface area contributed by atoms with Gasteiger partial charge < -0.3 is 15.0 Å². The molecule has 0 radical (unpaired) electrons. The van der Waals surface area contributed by atoms with Crippen LogP contribution in [0.4, 0.5) is 5.69 Å². The molecule has 20 heavy (non-hydrogen) atoms. The maximum Gasteiger partial charge on any atom is 0.120 e. The van der Waals surface area contributed by atoms with Crippen molar-refractivity contribution >= 4 is 5.69 Å². The van der Waals surface area contributed by atoms with E-state index in [4.69, 9.17) is 4.74 Å². The van der Waals surface area contributed by atoms with Crippen LogP contribution in [-0.2, 0) is 0 Å². The molecule has 1 heterocycles. The van der Waals surface area contributed by atoms with Crippen molar-refractivity contribution in [1.82, 2.24) is 5.32 Å². The lowest BCUT2D eigenvalue weighted by molar-refractivity contribution is 0.197. The number of anilines is 1. The fourth-order valence-corrected chi connectivity index (χ4v) is 3.43. The molecule has 1 aliphatic heterocycles. The molecule has 1 aromatic rings. The van der Waals surface area contributed by atoms with Gasteiger partial charge in [-0.15, -0.1) is 0 Å². The Bertz CT molecular complexity index is 408. The van der Waals surface area contributed by atoms with E-state index in [-0.39, 0.29) is 0 Å². The number of piperidine rings is 1. The zero-order valence-corrected chi connectivity index (χ0v) is 13.1. The van der Waals surface area contributed by atoms with E-state index in [0.717, 1.165) is 18.8 Å². The second kappa shape index (κ2) is 6.98. The minimum Gasteiger partial charge on any atom is -0.497 e. The number of hydrogen-bond acceptors (Lipinski definition) is 3. The van der Waals surface area contributed by atoms with E-state index < -0.39 is 0 Å². The third kappa shape index (κ3) is 3.66. The molecule has 1 atom stereocenters. The van der Waals surface area contributed by atoms with Gasteiger partial charge in [0.15, 0.2) is 0 Å². The number of benzene rings is 1. The van der Waals surface area contributed by atoms with Crippen molar-refractivity contribution < 1.29 is 4.74 Å². The van der Waals surface area contributed by atoms with E-state index in [1.165, 1.54) is 37.9 Å². The minimum atomic E-state index is 0.421. The van der Waals surface area contributed by atoms with Gasteiger partial charge in [0.1, 0.15) is 5.75 Å². The van der Waals surface area contributed by atoms with Crippen molar-refractivity contribution in [3.05, 3.63) is 24.3 Å². The summed E-state index contributed by atoms with van der Waals surface area (Å²) in [5.41, 5.74) is 1.66. The van der Waals surface area contributed by atoms with Gasteiger partial charge in [-0.05, 0) is 37.9 Å². The summed E-state index contributed by atoms with van der Waals surface area (Å²) in [7, 11) is 3.92. The lowest BCUT2D eigenvalue weighted by atomic mass is 9.76. The van der Waals surface area contributed by atoms with Crippen molar-refractivity contribution in [3.8, 4) is 5.75 Å². The fourth-order valence-electron chi connectivity index (χ4n) is 3.43. The quantitative estimate of drug-likeness (QED) is 0.863. The monoisotopic (exact) mass is 276 g/mol. The highest BCUT2D eigenvalue weighted by molar-refractivity contribution is 5.50. The second-order valence-corrected chi connectivity index (χ2v) is 6.09. The molecule has 1 aromatic carbocycles. The van der Waals surface area contributed by atoms with Gasteiger partial charge in [0.2, 0.25) is 0 Å². The topological polar surface area (TPSA) is 24.5 Å². The van der Waals surface area contributed by atoms with Crippen LogP contribution < -0.4 is 15.0 Å². The maximum absolute atomic E-state index is 5.33. The largest absolute Gasteiger partial charge is 0.497 e. The first-order chi connectivity index (χ1) is 9.69. The normalized spacial score (nSPS) is 22.6. The van der Waals surface area contributed by atoms with Crippen LogP contribution in [0.3, 0.4) is 0 Å². The molecule has 1 unspecified atom stereocenters. The van der Waals surface area contributed by atoms with Crippen LogP contribution >= 0.6 is 0 Å². The highest BCUT2D eigenvalue weighted by Crippen LogP contribution is 2.34. The molecule has 1 aliphatic rings. The summed E-state index contributed by atoms with van der Waals surface area (Å²) in [6.07, 6.45) is 5.19. The maximum atomic E-state index is 5.33. The van der Waals surface area contributed by atoms with E-state index in [1.54, 1.807) is 7.11 Å². The molecule has 2 rings (SSSR count). The number of ether oxygens (including phenoxy) is 1. The average molecular weight is 276 g/mol. The Morgan fingerprint density at radius 1 is 1.40 bits per heavy atom. The predicted molar refractivity (Wildman–Crippen MR) is 85.7 cm³/mol. The molecule has 0 amide bonds. The summed E-state index contributed by atoms with van der Waals surface area (Å²) < 4.78 is 5.33. The van der Waals surface area contributed by atoms with Crippen LogP contribution in [0.2, 0.25) is 0 Å². The molecule has 0 bridgehead atoms. The molecule has 1 N–H and O–H groups in total. The standard InChI is InChI=1S/C17H28N2O/c1-4-9-17(10-6-11-18-13-17)14-19(2)15-7-5-8-16(12-15)20-3/h5,7-8,12,18H,4,6,9-11,13-14H2,1-3H3. The average Bonchev–Trinajstić information content (AvgIpc) is 2.48. The SMILES string of the molecule is CCCC1(CN(C)c2cccc(OC)c2)CCCNC1. The zero-order valence-electron chi connectivity index (χ0n) is 13.1. The van der Waals surface area contributed by atoms with Crippen LogP contribution in [0.5, 0.6) is 5.75 Å². The zero-order chi connectivity index (χ0) is 14.4. The van der Waals surface area contributed by atoms with Gasteiger partial charge in [0, 0.05) is 37.3 Å². The van der Waals surface area contributed by atoms with Gasteiger partial charge in [-0.25, -0.2) is 0 Å². The molecule has 1 saturated heterocycles. The van der Waals surface area contributed by atoms with Crippen molar-refractivity contribution in [2.24, 2.45) is 5.41 Å². The third-order valence-electron chi connectivity index (χ3n) is 4.41. The van der Waals surface area contributed by atoms with Crippen LogP contribution in [0.25, 0.3) is 0 Å². The first-order valence-electron chi connectivity index (χ1n) is 7.75. The van der Waals surface area contributed by atoms with E-state index >= 15 is 0 Å². The number of nitrogens with zero attached hydrogens (tertiary/aromatic N) is 1. The number of hydrogen-bond donors (Lipinski definition) is 1. The molecule has 3 nitrogen and oxygen atoms in total. The van der Waals surface area contributed by atoms with Crippen molar-refractivity contribution in [2.45, 2.75) is 32.6 Å². The van der Waals surface area contributed by atoms with Gasteiger partial charge >= 0.3 is 0 Å². The Morgan fingerprint density at radius 2 is 2.25 bits per heavy atom. The lowest BCUT2D eigenvalue weighted by Crippen LogP contribution is -2.46. The van der Waals surface area contributed by atoms with E-state index in [9.17, 15) is 0 Å². The molecule has 0 aromatic heterocycles. The molecule has 0 aliphatic carbocycles. The summed E-state index contributed by atoms with van der Waals surface area (Å²) in [6.45, 7) is 5.73. The van der Waals surface area contributed by atoms with Gasteiger partial charge in [-0.3, -0.25) is 0 Å². The summed E-state index contributed by atoms with van der Waals surface area (Å²) >= 11 is 0. The smallest absolute Gasteiger partial charge is 0.120 e. The molecule has 1 fully saturated rings. The molecular formula is C17H28N2O. The van der Waals surface area contributed by atoms with E-state index in [2.05, 4.69) is 42.4 Å². The van der Waals surface area contributed by atoms with Gasteiger partial charge in [0.25, 0.3) is 0 Å². The molecule has 0 spiro atoms. The fraction of sp³-hybridized carbons (Fsp3) is 0.647. The highest BCUT2D eigenvalue weighted by Gasteiger charge is 2.32. The lowest BCUT2D eigenvalue weighted by Gasteiger charge is -2.41. The van der Waals surface area contributed by atoms with E-state index in [1.807, 2.05) is 6.07 Å². The van der Waals surface area contributed by atoms with Crippen molar-refractivity contribution in [1.29, 1.82) is 0 Å². The number of nitrogens with one attached hydrogen (secondary N) is 1. The van der Waals surface area contributed by atoms with Gasteiger partial charge in [-0.1, -0.05) is 19.4 Å². The molecule has 0 saturated carbocycles. The Morgan fingerprint density at radius 3 is 2.90 bits per heavy atom. The summed E-state index contributed by atoms with van der Waals surface area (Å²) in [6, 6.07) is 8.35. The van der Waals surface area contributed by atoms with Gasteiger partial charge in [-0.2, -0.15) is 0 Å². The third-order valence-corrected chi connectivity index (χ3v) is 4.41. The van der Waals surface area contributed by atoms with E-state index in [0.29, 0.717) is 5.41 Å². The Balaban J connectivity index is 2.08. The Labute approximate surface area is 123 Å². The molecule has 112 valence electrons. The Hall–Kier alpha value is -1.22.